The zero-order valence-electron chi connectivity index (χ0n) is 13.2. The highest BCUT2D eigenvalue weighted by Crippen LogP contribution is 2.18. The second-order valence-corrected chi connectivity index (χ2v) is 6.46. The molecular formula is C17H28N2O2. The van der Waals surface area contributed by atoms with Crippen molar-refractivity contribution in [2.75, 3.05) is 32.8 Å². The normalized spacial score (nSPS) is 21.0. The number of phenols is 1. The van der Waals surface area contributed by atoms with E-state index in [0.29, 0.717) is 17.7 Å². The summed E-state index contributed by atoms with van der Waals surface area (Å²) in [6.07, 6.45) is 0.846. The second-order valence-electron chi connectivity index (χ2n) is 6.46. The Morgan fingerprint density at radius 3 is 2.52 bits per heavy atom. The molecule has 1 aliphatic rings. The molecule has 118 valence electrons. The number of hydrogen-bond donors (Lipinski definition) is 2. The van der Waals surface area contributed by atoms with E-state index in [0.717, 1.165) is 39.1 Å². The van der Waals surface area contributed by atoms with Crippen molar-refractivity contribution in [3.63, 3.8) is 0 Å². The Hall–Kier alpha value is -1.10. The maximum atomic E-state index is 9.35. The minimum Gasteiger partial charge on any atom is -0.508 e. The van der Waals surface area contributed by atoms with Crippen LogP contribution in [-0.4, -0.2) is 58.8 Å². The van der Waals surface area contributed by atoms with E-state index in [1.807, 2.05) is 12.1 Å². The van der Waals surface area contributed by atoms with Crippen LogP contribution in [0.5, 0.6) is 5.75 Å². The number of rotatable bonds is 6. The van der Waals surface area contributed by atoms with Gasteiger partial charge >= 0.3 is 0 Å². The average molecular weight is 292 g/mol. The lowest BCUT2D eigenvalue weighted by atomic mass is 10.1. The molecule has 0 amide bonds. The van der Waals surface area contributed by atoms with E-state index >= 15 is 0 Å². The van der Waals surface area contributed by atoms with E-state index in [4.69, 9.17) is 0 Å². The first kappa shape index (κ1) is 16.3. The van der Waals surface area contributed by atoms with Crippen molar-refractivity contribution in [2.24, 2.45) is 5.92 Å². The van der Waals surface area contributed by atoms with Gasteiger partial charge in [-0.1, -0.05) is 26.0 Å². The van der Waals surface area contributed by atoms with Crippen molar-refractivity contribution in [3.05, 3.63) is 29.8 Å². The molecule has 0 aliphatic carbocycles. The summed E-state index contributed by atoms with van der Waals surface area (Å²) < 4.78 is 0. The standard InChI is InChI=1S/C17H28N2O2/c1-14(2)11-19-9-8-18(13-16(19)7-10-20)12-15-3-5-17(21)6-4-15/h3-6,14,16,20-21H,7-13H2,1-2H3/t16-/m0/s1. The predicted molar refractivity (Wildman–Crippen MR) is 85.3 cm³/mol. The largest absolute Gasteiger partial charge is 0.508 e. The molecule has 4 heteroatoms. The highest BCUT2D eigenvalue weighted by atomic mass is 16.3. The molecule has 0 saturated carbocycles. The molecule has 2 rings (SSSR count). The Kier molecular flexibility index (Phi) is 6.03. The van der Waals surface area contributed by atoms with E-state index in [2.05, 4.69) is 23.6 Å². The molecule has 0 aromatic heterocycles. The molecule has 1 atom stereocenters. The first-order chi connectivity index (χ1) is 10.1. The van der Waals surface area contributed by atoms with E-state index < -0.39 is 0 Å². The second kappa shape index (κ2) is 7.78. The van der Waals surface area contributed by atoms with E-state index in [9.17, 15) is 10.2 Å². The molecule has 0 radical (unpaired) electrons. The molecule has 0 bridgehead atoms. The Morgan fingerprint density at radius 2 is 1.90 bits per heavy atom. The molecular weight excluding hydrogens is 264 g/mol. The summed E-state index contributed by atoms with van der Waals surface area (Å²) in [5.41, 5.74) is 1.23. The van der Waals surface area contributed by atoms with Gasteiger partial charge in [0.25, 0.3) is 0 Å². The lowest BCUT2D eigenvalue weighted by molar-refractivity contribution is 0.0477. The van der Waals surface area contributed by atoms with E-state index in [1.165, 1.54) is 5.56 Å². The fraction of sp³-hybridized carbons (Fsp3) is 0.647. The van der Waals surface area contributed by atoms with Crippen molar-refractivity contribution in [3.8, 4) is 5.75 Å². The highest BCUT2D eigenvalue weighted by Gasteiger charge is 2.26. The first-order valence-corrected chi connectivity index (χ1v) is 7.93. The lowest BCUT2D eigenvalue weighted by Crippen LogP contribution is -2.53. The maximum Gasteiger partial charge on any atom is 0.115 e. The number of aromatic hydroxyl groups is 1. The SMILES string of the molecule is CC(C)CN1CCN(Cc2ccc(O)cc2)C[C@@H]1CCO. The number of phenolic OH excluding ortho intramolecular Hbond substituents is 1. The molecule has 1 saturated heterocycles. The number of nitrogens with zero attached hydrogens (tertiary/aromatic N) is 2. The van der Waals surface area contributed by atoms with Gasteiger partial charge < -0.3 is 10.2 Å². The van der Waals surface area contributed by atoms with Crippen LogP contribution in [-0.2, 0) is 6.54 Å². The zero-order valence-corrected chi connectivity index (χ0v) is 13.2. The molecule has 2 N–H and O–H groups in total. The average Bonchev–Trinajstić information content (AvgIpc) is 2.44. The van der Waals surface area contributed by atoms with Crippen LogP contribution in [0, 0.1) is 5.92 Å². The molecule has 4 nitrogen and oxygen atoms in total. The van der Waals surface area contributed by atoms with Gasteiger partial charge in [0, 0.05) is 45.4 Å². The van der Waals surface area contributed by atoms with Crippen LogP contribution in [0.2, 0.25) is 0 Å². The van der Waals surface area contributed by atoms with Gasteiger partial charge in [-0.25, -0.2) is 0 Å². The third-order valence-electron chi connectivity index (χ3n) is 4.09. The number of piperazine rings is 1. The minimum atomic E-state index is 0.256. The van der Waals surface area contributed by atoms with Crippen LogP contribution in [0.15, 0.2) is 24.3 Å². The summed E-state index contributed by atoms with van der Waals surface area (Å²) in [6.45, 7) is 9.92. The molecule has 1 aromatic rings. The summed E-state index contributed by atoms with van der Waals surface area (Å²) in [6, 6.07) is 7.90. The topological polar surface area (TPSA) is 46.9 Å². The highest BCUT2D eigenvalue weighted by molar-refractivity contribution is 5.25. The zero-order chi connectivity index (χ0) is 15.2. The maximum absolute atomic E-state index is 9.35. The van der Waals surface area contributed by atoms with Crippen LogP contribution in [0.25, 0.3) is 0 Å². The summed E-state index contributed by atoms with van der Waals surface area (Å²) in [4.78, 5) is 4.97. The molecule has 1 aliphatic heterocycles. The molecule has 1 heterocycles. The van der Waals surface area contributed by atoms with Crippen molar-refractivity contribution in [1.29, 1.82) is 0 Å². The summed E-state index contributed by atoms with van der Waals surface area (Å²) in [5.74, 6) is 0.980. The number of hydrogen-bond acceptors (Lipinski definition) is 4. The summed E-state index contributed by atoms with van der Waals surface area (Å²) >= 11 is 0. The molecule has 1 fully saturated rings. The third-order valence-corrected chi connectivity index (χ3v) is 4.09. The molecule has 1 aromatic carbocycles. The van der Waals surface area contributed by atoms with Gasteiger partial charge in [0.05, 0.1) is 0 Å². The number of aliphatic hydroxyl groups is 1. The Balaban J connectivity index is 1.93. The molecule has 0 spiro atoms. The van der Waals surface area contributed by atoms with Gasteiger partial charge in [-0.15, -0.1) is 0 Å². The van der Waals surface area contributed by atoms with Gasteiger partial charge in [-0.3, -0.25) is 9.80 Å². The van der Waals surface area contributed by atoms with Crippen LogP contribution < -0.4 is 0 Å². The minimum absolute atomic E-state index is 0.256. The Bertz CT molecular complexity index is 419. The van der Waals surface area contributed by atoms with Crippen LogP contribution in [0.1, 0.15) is 25.8 Å². The molecule has 21 heavy (non-hydrogen) atoms. The summed E-state index contributed by atoms with van der Waals surface area (Å²) in [5, 5.41) is 18.6. The first-order valence-electron chi connectivity index (χ1n) is 7.93. The summed E-state index contributed by atoms with van der Waals surface area (Å²) in [7, 11) is 0. The monoisotopic (exact) mass is 292 g/mol. The Morgan fingerprint density at radius 1 is 1.19 bits per heavy atom. The van der Waals surface area contributed by atoms with Gasteiger partial charge in [0.15, 0.2) is 0 Å². The van der Waals surface area contributed by atoms with Crippen LogP contribution >= 0.6 is 0 Å². The van der Waals surface area contributed by atoms with Crippen LogP contribution in [0.4, 0.5) is 0 Å². The molecule has 0 unspecified atom stereocenters. The van der Waals surface area contributed by atoms with Crippen molar-refractivity contribution >= 4 is 0 Å². The third kappa shape index (κ3) is 4.99. The van der Waals surface area contributed by atoms with Gasteiger partial charge in [-0.2, -0.15) is 0 Å². The van der Waals surface area contributed by atoms with Crippen molar-refractivity contribution < 1.29 is 10.2 Å². The lowest BCUT2D eigenvalue weighted by Gasteiger charge is -2.42. The fourth-order valence-electron chi connectivity index (χ4n) is 3.09. The number of aliphatic hydroxyl groups excluding tert-OH is 1. The van der Waals surface area contributed by atoms with Crippen molar-refractivity contribution in [2.45, 2.75) is 32.9 Å². The van der Waals surface area contributed by atoms with Crippen molar-refractivity contribution in [1.82, 2.24) is 9.80 Å². The number of benzene rings is 1. The van der Waals surface area contributed by atoms with E-state index in [-0.39, 0.29) is 6.61 Å². The van der Waals surface area contributed by atoms with Crippen LogP contribution in [0.3, 0.4) is 0 Å². The van der Waals surface area contributed by atoms with E-state index in [1.54, 1.807) is 12.1 Å². The fourth-order valence-corrected chi connectivity index (χ4v) is 3.09. The predicted octanol–water partition coefficient (Wildman–Crippen LogP) is 1.92. The van der Waals surface area contributed by atoms with Gasteiger partial charge in [-0.05, 0) is 30.0 Å². The van der Waals surface area contributed by atoms with Gasteiger partial charge in [0.2, 0.25) is 0 Å². The quantitative estimate of drug-likeness (QED) is 0.841. The van der Waals surface area contributed by atoms with Gasteiger partial charge in [0.1, 0.15) is 5.75 Å². The smallest absolute Gasteiger partial charge is 0.115 e. The Labute approximate surface area is 128 Å².